The van der Waals surface area contributed by atoms with Crippen molar-refractivity contribution in [3.05, 3.63) is 58.1 Å². The molecule has 0 saturated carbocycles. The zero-order valence-corrected chi connectivity index (χ0v) is 19.1. The predicted octanol–water partition coefficient (Wildman–Crippen LogP) is 3.92. The molecule has 174 valence electrons. The summed E-state index contributed by atoms with van der Waals surface area (Å²) in [4.78, 5) is 14.1. The fourth-order valence-corrected chi connectivity index (χ4v) is 5.34. The first kappa shape index (κ1) is 24.5. The van der Waals surface area contributed by atoms with Gasteiger partial charge >= 0.3 is 6.18 Å². The number of sulfonamides is 1. The van der Waals surface area contributed by atoms with Crippen LogP contribution in [0, 0.1) is 13.8 Å². The minimum absolute atomic E-state index is 0.0673. The third kappa shape index (κ3) is 5.61. The second-order valence-electron chi connectivity index (χ2n) is 7.69. The van der Waals surface area contributed by atoms with E-state index in [4.69, 9.17) is 11.6 Å². The van der Waals surface area contributed by atoms with Gasteiger partial charge in [-0.05, 0) is 55.3 Å². The molecule has 0 spiro atoms. The van der Waals surface area contributed by atoms with Gasteiger partial charge in [-0.15, -0.1) is 0 Å². The normalized spacial score (nSPS) is 16.2. The summed E-state index contributed by atoms with van der Waals surface area (Å²) >= 11 is 6.22. The molecule has 3 rings (SSSR count). The Kier molecular flexibility index (Phi) is 7.18. The second-order valence-corrected chi connectivity index (χ2v) is 10.0. The van der Waals surface area contributed by atoms with Crippen LogP contribution >= 0.6 is 11.6 Å². The van der Waals surface area contributed by atoms with Crippen molar-refractivity contribution in [3.8, 4) is 0 Å². The molecule has 0 radical (unpaired) electrons. The summed E-state index contributed by atoms with van der Waals surface area (Å²) in [5.74, 6) is -0.266. The smallest absolute Gasteiger partial charge is 0.323 e. The summed E-state index contributed by atoms with van der Waals surface area (Å²) in [5.41, 5.74) is 1.47. The molecule has 6 nitrogen and oxygen atoms in total. The number of nitrogens with zero attached hydrogens (tertiary/aromatic N) is 2. The third-order valence-electron chi connectivity index (χ3n) is 5.21. The summed E-state index contributed by atoms with van der Waals surface area (Å²) in [7, 11) is -3.92. The van der Waals surface area contributed by atoms with Crippen molar-refractivity contribution in [2.75, 3.05) is 38.0 Å². The number of aryl methyl sites for hydroxylation is 2. The lowest BCUT2D eigenvalue weighted by molar-refractivity contribution is -0.137. The monoisotopic (exact) mass is 489 g/mol. The van der Waals surface area contributed by atoms with Crippen molar-refractivity contribution in [2.24, 2.45) is 0 Å². The number of anilines is 1. The summed E-state index contributed by atoms with van der Waals surface area (Å²) in [6.07, 6.45) is -4.53. The van der Waals surface area contributed by atoms with E-state index < -0.39 is 21.8 Å². The molecule has 1 heterocycles. The second kappa shape index (κ2) is 9.38. The highest BCUT2D eigenvalue weighted by Crippen LogP contribution is 2.30. The Bertz CT molecular complexity index is 1070. The van der Waals surface area contributed by atoms with Gasteiger partial charge in [0.1, 0.15) is 0 Å². The average Bonchev–Trinajstić information content (AvgIpc) is 2.70. The molecule has 11 heteroatoms. The number of nitrogens with one attached hydrogen (secondary N) is 1. The van der Waals surface area contributed by atoms with Gasteiger partial charge in [-0.3, -0.25) is 9.69 Å². The Morgan fingerprint density at radius 3 is 2.19 bits per heavy atom. The fraction of sp³-hybridized carbons (Fsp3) is 0.381. The summed E-state index contributed by atoms with van der Waals surface area (Å²) in [6.45, 7) is 4.70. The molecule has 32 heavy (non-hydrogen) atoms. The van der Waals surface area contributed by atoms with Gasteiger partial charge in [-0.25, -0.2) is 8.42 Å². The lowest BCUT2D eigenvalue weighted by atomic mass is 10.1. The first-order valence-corrected chi connectivity index (χ1v) is 11.7. The Labute approximate surface area is 190 Å². The van der Waals surface area contributed by atoms with Gasteiger partial charge in [-0.1, -0.05) is 17.7 Å². The molecule has 0 bridgehead atoms. The molecule has 1 aliphatic rings. The highest BCUT2D eigenvalue weighted by Gasteiger charge is 2.32. The van der Waals surface area contributed by atoms with Crippen LogP contribution < -0.4 is 5.32 Å². The highest BCUT2D eigenvalue weighted by atomic mass is 35.5. The van der Waals surface area contributed by atoms with Crippen LogP contribution in [0.3, 0.4) is 0 Å². The average molecular weight is 490 g/mol. The van der Waals surface area contributed by atoms with Crippen molar-refractivity contribution < 1.29 is 26.4 Å². The zero-order chi connectivity index (χ0) is 23.7. The van der Waals surface area contributed by atoms with Crippen molar-refractivity contribution in [2.45, 2.75) is 24.9 Å². The third-order valence-corrected chi connectivity index (χ3v) is 7.43. The number of carbonyl (C=O) groups is 1. The van der Waals surface area contributed by atoms with E-state index >= 15 is 0 Å². The van der Waals surface area contributed by atoms with Gasteiger partial charge in [0.15, 0.2) is 0 Å². The van der Waals surface area contributed by atoms with E-state index in [-0.39, 0.29) is 30.4 Å². The Hall–Kier alpha value is -2.14. The van der Waals surface area contributed by atoms with E-state index in [1.54, 1.807) is 6.07 Å². The first-order valence-electron chi connectivity index (χ1n) is 9.84. The number of hydrogen-bond acceptors (Lipinski definition) is 4. The van der Waals surface area contributed by atoms with Crippen LogP contribution in [-0.4, -0.2) is 56.3 Å². The minimum Gasteiger partial charge on any atom is -0.323 e. The number of benzene rings is 2. The number of amides is 1. The standard InChI is InChI=1S/C21H23ClF3N3O3S/c1-14-11-15(2)20(18(22)12-14)26-19(29)13-27-7-9-28(10-8-27)32(30,31)17-5-3-16(4-6-17)21(23,24)25/h3-6,11-12H,7-10,13H2,1-2H3,(H,26,29). The lowest BCUT2D eigenvalue weighted by Gasteiger charge is -2.33. The van der Waals surface area contributed by atoms with Crippen LogP contribution in [-0.2, 0) is 21.0 Å². The van der Waals surface area contributed by atoms with E-state index in [0.29, 0.717) is 23.8 Å². The van der Waals surface area contributed by atoms with Gasteiger partial charge in [0.05, 0.1) is 27.7 Å². The molecule has 1 saturated heterocycles. The summed E-state index contributed by atoms with van der Waals surface area (Å²) in [6, 6.07) is 7.11. The number of rotatable bonds is 5. The molecule has 1 N–H and O–H groups in total. The van der Waals surface area contributed by atoms with Gasteiger partial charge in [-0.2, -0.15) is 17.5 Å². The Morgan fingerprint density at radius 1 is 1.06 bits per heavy atom. The van der Waals surface area contributed by atoms with Crippen LogP contribution in [0.4, 0.5) is 18.9 Å². The summed E-state index contributed by atoms with van der Waals surface area (Å²) < 4.78 is 64.9. The predicted molar refractivity (Wildman–Crippen MR) is 116 cm³/mol. The van der Waals surface area contributed by atoms with Crippen LogP contribution in [0.1, 0.15) is 16.7 Å². The topological polar surface area (TPSA) is 69.7 Å². The summed E-state index contributed by atoms with van der Waals surface area (Å²) in [5, 5.41) is 3.25. The number of halogens is 4. The maximum atomic E-state index is 12.8. The van der Waals surface area contributed by atoms with Gasteiger partial charge in [0, 0.05) is 26.2 Å². The molecule has 0 aliphatic carbocycles. The van der Waals surface area contributed by atoms with E-state index in [2.05, 4.69) is 5.32 Å². The van der Waals surface area contributed by atoms with Crippen LogP contribution in [0.25, 0.3) is 0 Å². The number of hydrogen-bond donors (Lipinski definition) is 1. The minimum atomic E-state index is -4.53. The van der Waals surface area contributed by atoms with E-state index in [0.717, 1.165) is 35.4 Å². The molecule has 0 aromatic heterocycles. The number of alkyl halides is 3. The lowest BCUT2D eigenvalue weighted by Crippen LogP contribution is -2.50. The maximum Gasteiger partial charge on any atom is 0.416 e. The van der Waals surface area contributed by atoms with Crippen molar-refractivity contribution in [3.63, 3.8) is 0 Å². The molecule has 0 unspecified atom stereocenters. The maximum absolute atomic E-state index is 12.8. The molecule has 1 aliphatic heterocycles. The number of carbonyl (C=O) groups excluding carboxylic acids is 1. The van der Waals surface area contributed by atoms with E-state index in [1.165, 1.54) is 4.31 Å². The van der Waals surface area contributed by atoms with Crippen LogP contribution in [0.5, 0.6) is 0 Å². The van der Waals surface area contributed by atoms with Crippen molar-refractivity contribution in [1.82, 2.24) is 9.21 Å². The van der Waals surface area contributed by atoms with Crippen LogP contribution in [0.2, 0.25) is 5.02 Å². The van der Waals surface area contributed by atoms with Gasteiger partial charge in [0.25, 0.3) is 0 Å². The molecule has 2 aromatic rings. The molecule has 0 atom stereocenters. The molecular weight excluding hydrogens is 467 g/mol. The molecular formula is C21H23ClF3N3O3S. The Balaban J connectivity index is 1.58. The largest absolute Gasteiger partial charge is 0.416 e. The molecule has 1 amide bonds. The van der Waals surface area contributed by atoms with Gasteiger partial charge < -0.3 is 5.32 Å². The SMILES string of the molecule is Cc1cc(C)c(NC(=O)CN2CCN(S(=O)(=O)c3ccc(C(F)(F)F)cc3)CC2)c(Cl)c1. The van der Waals surface area contributed by atoms with Crippen molar-refractivity contribution >= 4 is 33.2 Å². The van der Waals surface area contributed by atoms with Crippen molar-refractivity contribution in [1.29, 1.82) is 0 Å². The van der Waals surface area contributed by atoms with E-state index in [1.807, 2.05) is 24.8 Å². The fourth-order valence-electron chi connectivity index (χ4n) is 3.55. The van der Waals surface area contributed by atoms with Gasteiger partial charge in [0.2, 0.25) is 15.9 Å². The zero-order valence-electron chi connectivity index (χ0n) is 17.5. The van der Waals surface area contributed by atoms with E-state index in [9.17, 15) is 26.4 Å². The molecule has 2 aromatic carbocycles. The number of piperazine rings is 1. The first-order chi connectivity index (χ1) is 14.9. The Morgan fingerprint density at radius 2 is 1.66 bits per heavy atom. The quantitative estimate of drug-likeness (QED) is 0.691. The van der Waals surface area contributed by atoms with Crippen LogP contribution in [0.15, 0.2) is 41.3 Å². The highest BCUT2D eigenvalue weighted by molar-refractivity contribution is 7.89. The molecule has 1 fully saturated rings.